The highest BCUT2D eigenvalue weighted by Crippen LogP contribution is 2.34. The molecule has 3 N–H and O–H groups in total. The first-order chi connectivity index (χ1) is 9.79. The van der Waals surface area contributed by atoms with E-state index in [-0.39, 0.29) is 16.6 Å². The van der Waals surface area contributed by atoms with Crippen molar-refractivity contribution in [2.45, 2.75) is 19.1 Å². The molecule has 112 valence electrons. The summed E-state index contributed by atoms with van der Waals surface area (Å²) in [5, 5.41) is 4.97. The van der Waals surface area contributed by atoms with Gasteiger partial charge < -0.3 is 11.1 Å². The molecule has 0 saturated carbocycles. The van der Waals surface area contributed by atoms with Crippen molar-refractivity contribution in [1.82, 2.24) is 0 Å². The molecule has 0 saturated heterocycles. The first-order valence-electron chi connectivity index (χ1n) is 6.10. The van der Waals surface area contributed by atoms with Gasteiger partial charge in [-0.2, -0.15) is 13.2 Å². The van der Waals surface area contributed by atoms with Crippen LogP contribution in [0.1, 0.15) is 29.0 Å². The molecule has 0 fully saturated rings. The smallest absolute Gasteiger partial charge is 0.389 e. The highest BCUT2D eigenvalue weighted by atomic mass is 32.1. The fourth-order valence-electron chi connectivity index (χ4n) is 1.94. The summed E-state index contributed by atoms with van der Waals surface area (Å²) in [6.45, 7) is 1.89. The predicted octanol–water partition coefficient (Wildman–Crippen LogP) is 4.57. The summed E-state index contributed by atoms with van der Waals surface area (Å²) in [4.78, 5) is 0.780. The first kappa shape index (κ1) is 15.8. The Bertz CT molecular complexity index is 636. The number of hydrogen-bond donors (Lipinski definition) is 2. The Morgan fingerprint density at radius 1 is 1.33 bits per heavy atom. The number of nitrogens with one attached hydrogen (secondary N) is 1. The second kappa shape index (κ2) is 6.03. The van der Waals surface area contributed by atoms with Gasteiger partial charge in [-0.15, -0.1) is 11.3 Å². The number of anilines is 1. The molecule has 1 aromatic heterocycles. The normalized spacial score (nSPS) is 13.0. The first-order valence-corrected chi connectivity index (χ1v) is 7.39. The van der Waals surface area contributed by atoms with Crippen LogP contribution < -0.4 is 11.1 Å². The molecule has 0 aliphatic rings. The van der Waals surface area contributed by atoms with Crippen LogP contribution in [0.5, 0.6) is 0 Å². The lowest BCUT2D eigenvalue weighted by Gasteiger charge is -2.17. The molecule has 0 aliphatic carbocycles. The van der Waals surface area contributed by atoms with Crippen LogP contribution >= 0.6 is 23.6 Å². The van der Waals surface area contributed by atoms with Crippen molar-refractivity contribution in [2.24, 2.45) is 5.73 Å². The third kappa shape index (κ3) is 3.74. The lowest BCUT2D eigenvalue weighted by atomic mass is 10.1. The van der Waals surface area contributed by atoms with Gasteiger partial charge in [0.05, 0.1) is 11.6 Å². The number of benzene rings is 1. The van der Waals surface area contributed by atoms with Gasteiger partial charge in [-0.3, -0.25) is 0 Å². The number of rotatable bonds is 4. The minimum absolute atomic E-state index is 0.0817. The topological polar surface area (TPSA) is 38.0 Å². The molecule has 0 spiro atoms. The quantitative estimate of drug-likeness (QED) is 0.806. The van der Waals surface area contributed by atoms with Crippen LogP contribution in [0.25, 0.3) is 0 Å². The van der Waals surface area contributed by atoms with E-state index in [1.165, 1.54) is 6.07 Å². The third-order valence-corrected chi connectivity index (χ3v) is 4.22. The Balaban J connectivity index is 2.32. The van der Waals surface area contributed by atoms with Crippen molar-refractivity contribution < 1.29 is 13.2 Å². The number of nitrogens with two attached hydrogens (primary N) is 1. The molecule has 2 nitrogen and oxygen atoms in total. The van der Waals surface area contributed by atoms with Gasteiger partial charge >= 0.3 is 6.18 Å². The molecular formula is C14H13F3N2S2. The van der Waals surface area contributed by atoms with Crippen LogP contribution in [0.2, 0.25) is 0 Å². The highest BCUT2D eigenvalue weighted by molar-refractivity contribution is 7.80. The fraction of sp³-hybridized carbons (Fsp3) is 0.214. The summed E-state index contributed by atoms with van der Waals surface area (Å²) in [6, 6.07) is 7.63. The van der Waals surface area contributed by atoms with E-state index in [9.17, 15) is 13.2 Å². The van der Waals surface area contributed by atoms with Gasteiger partial charge in [-0.05, 0) is 36.6 Å². The van der Waals surface area contributed by atoms with Crippen LogP contribution in [0.4, 0.5) is 18.9 Å². The number of alkyl halides is 3. The van der Waals surface area contributed by atoms with Crippen molar-refractivity contribution in [3.05, 3.63) is 51.7 Å². The molecule has 7 heteroatoms. The molecule has 1 heterocycles. The molecule has 0 bridgehead atoms. The maximum Gasteiger partial charge on any atom is 0.417 e. The van der Waals surface area contributed by atoms with E-state index in [0.29, 0.717) is 5.69 Å². The van der Waals surface area contributed by atoms with Crippen molar-refractivity contribution in [3.8, 4) is 0 Å². The van der Waals surface area contributed by atoms with Crippen LogP contribution in [0.15, 0.2) is 35.7 Å². The summed E-state index contributed by atoms with van der Waals surface area (Å²) in [7, 11) is 0. The summed E-state index contributed by atoms with van der Waals surface area (Å²) in [6.07, 6.45) is -4.50. The zero-order valence-corrected chi connectivity index (χ0v) is 12.7. The molecule has 1 aromatic carbocycles. The molecule has 0 aliphatic heterocycles. The van der Waals surface area contributed by atoms with E-state index in [1.54, 1.807) is 17.4 Å². The number of halogens is 3. The van der Waals surface area contributed by atoms with E-state index < -0.39 is 11.7 Å². The Hall–Kier alpha value is -1.60. The monoisotopic (exact) mass is 330 g/mol. The molecule has 0 radical (unpaired) electrons. The summed E-state index contributed by atoms with van der Waals surface area (Å²) in [5.41, 5.74) is 4.75. The molecular weight excluding hydrogens is 317 g/mol. The van der Waals surface area contributed by atoms with Gasteiger partial charge in [0.1, 0.15) is 4.99 Å². The zero-order valence-electron chi connectivity index (χ0n) is 11.1. The third-order valence-electron chi connectivity index (χ3n) is 2.94. The van der Waals surface area contributed by atoms with E-state index >= 15 is 0 Å². The predicted molar refractivity (Wildman–Crippen MR) is 83.7 cm³/mol. The second-order valence-electron chi connectivity index (χ2n) is 4.50. The van der Waals surface area contributed by atoms with E-state index in [0.717, 1.165) is 10.9 Å². The van der Waals surface area contributed by atoms with Crippen LogP contribution in [0, 0.1) is 0 Å². The maximum atomic E-state index is 13.1. The minimum atomic E-state index is -4.50. The second-order valence-corrected chi connectivity index (χ2v) is 5.92. The molecule has 2 rings (SSSR count). The number of thiophene rings is 1. The number of thiocarbonyl (C=S) groups is 1. The van der Waals surface area contributed by atoms with Crippen molar-refractivity contribution in [1.29, 1.82) is 0 Å². The van der Waals surface area contributed by atoms with E-state index in [4.69, 9.17) is 5.73 Å². The lowest BCUT2D eigenvalue weighted by molar-refractivity contribution is -0.137. The van der Waals surface area contributed by atoms with Crippen LogP contribution in [-0.2, 0) is 6.18 Å². The standard InChI is InChI=1S/C14H13F3N2S2/c1-8(12-3-2-6-21-12)19-9-4-5-10(13(18)20)11(7-9)14(15,16)17/h2-8,19H,1H3,(H2,18,20). The van der Waals surface area contributed by atoms with Gasteiger partial charge in [0, 0.05) is 16.1 Å². The van der Waals surface area contributed by atoms with Crippen molar-refractivity contribution in [2.75, 3.05) is 5.32 Å². The van der Waals surface area contributed by atoms with Crippen molar-refractivity contribution >= 4 is 34.2 Å². The minimum Gasteiger partial charge on any atom is -0.389 e. The fourth-order valence-corrected chi connectivity index (χ4v) is 2.85. The van der Waals surface area contributed by atoms with Crippen LogP contribution in [0.3, 0.4) is 0 Å². The van der Waals surface area contributed by atoms with E-state index in [1.807, 2.05) is 24.4 Å². The molecule has 2 aromatic rings. The summed E-state index contributed by atoms with van der Waals surface area (Å²) >= 11 is 6.22. The Morgan fingerprint density at radius 2 is 2.05 bits per heavy atom. The summed E-state index contributed by atoms with van der Waals surface area (Å²) < 4.78 is 39.2. The van der Waals surface area contributed by atoms with Crippen molar-refractivity contribution in [3.63, 3.8) is 0 Å². The van der Waals surface area contributed by atoms with Gasteiger partial charge in [-0.1, -0.05) is 18.3 Å². The highest BCUT2D eigenvalue weighted by Gasteiger charge is 2.34. The summed E-state index contributed by atoms with van der Waals surface area (Å²) in [5.74, 6) is 0. The van der Waals surface area contributed by atoms with Gasteiger partial charge in [0.15, 0.2) is 0 Å². The average Bonchev–Trinajstić information content (AvgIpc) is 2.91. The average molecular weight is 330 g/mol. The maximum absolute atomic E-state index is 13.1. The molecule has 1 unspecified atom stereocenters. The van der Waals surface area contributed by atoms with Gasteiger partial charge in [0.25, 0.3) is 0 Å². The molecule has 21 heavy (non-hydrogen) atoms. The Labute approximate surface area is 129 Å². The lowest BCUT2D eigenvalue weighted by Crippen LogP contribution is -2.18. The SMILES string of the molecule is CC(Nc1ccc(C(N)=S)c(C(F)(F)F)c1)c1cccs1. The van der Waals surface area contributed by atoms with Gasteiger partial charge in [-0.25, -0.2) is 0 Å². The molecule has 0 amide bonds. The van der Waals surface area contributed by atoms with Gasteiger partial charge in [0.2, 0.25) is 0 Å². The Morgan fingerprint density at radius 3 is 2.57 bits per heavy atom. The largest absolute Gasteiger partial charge is 0.417 e. The molecule has 1 atom stereocenters. The van der Waals surface area contributed by atoms with E-state index in [2.05, 4.69) is 17.5 Å². The zero-order chi connectivity index (χ0) is 15.6. The number of hydrogen-bond acceptors (Lipinski definition) is 3. The van der Waals surface area contributed by atoms with Crippen LogP contribution in [-0.4, -0.2) is 4.99 Å². The Kier molecular flexibility index (Phi) is 4.53.